The fourth-order valence-corrected chi connectivity index (χ4v) is 1.65. The summed E-state index contributed by atoms with van der Waals surface area (Å²) < 4.78 is 15.3. The van der Waals surface area contributed by atoms with Gasteiger partial charge in [0, 0.05) is 6.42 Å². The van der Waals surface area contributed by atoms with Crippen molar-refractivity contribution in [3.8, 4) is 0 Å². The first kappa shape index (κ1) is 16.7. The highest BCUT2D eigenvalue weighted by Gasteiger charge is 2.32. The first-order valence-corrected chi connectivity index (χ1v) is 6.65. The van der Waals surface area contributed by atoms with E-state index in [4.69, 9.17) is 14.2 Å². The molecule has 0 aromatic heterocycles. The lowest BCUT2D eigenvalue weighted by Crippen LogP contribution is -2.50. The minimum atomic E-state index is -1.16. The molecular weight excluding hydrogens is 266 g/mol. The average Bonchev–Trinajstić information content (AvgIpc) is 2.75. The third-order valence-corrected chi connectivity index (χ3v) is 2.58. The number of hydrogen-bond acceptors (Lipinski definition) is 6. The first-order valence-electron chi connectivity index (χ1n) is 6.65. The van der Waals surface area contributed by atoms with Crippen molar-refractivity contribution in [1.82, 2.24) is 5.32 Å². The van der Waals surface area contributed by atoms with Crippen LogP contribution in [0.5, 0.6) is 0 Å². The van der Waals surface area contributed by atoms with Gasteiger partial charge in [-0.25, -0.2) is 9.59 Å². The van der Waals surface area contributed by atoms with Crippen LogP contribution in [0.15, 0.2) is 0 Å². The van der Waals surface area contributed by atoms with E-state index in [0.717, 1.165) is 0 Å². The molecule has 1 amide bonds. The zero-order valence-electron chi connectivity index (χ0n) is 12.3. The predicted octanol–water partition coefficient (Wildman–Crippen LogP) is 0.593. The fourth-order valence-electron chi connectivity index (χ4n) is 1.65. The Kier molecular flexibility index (Phi) is 5.76. The highest BCUT2D eigenvalue weighted by atomic mass is 16.6. The van der Waals surface area contributed by atoms with Crippen LogP contribution in [0.25, 0.3) is 0 Å². The standard InChI is InChI=1S/C13H23NO6/c1-8(15)10(14-12(17)20-13(2,3)4)11(16)19-9-5-6-18-7-9/h8-10,15H,5-7H2,1-4H3,(H,14,17)/t8-,9+,10-/m0/s1. The van der Waals surface area contributed by atoms with Gasteiger partial charge in [-0.15, -0.1) is 0 Å². The molecule has 2 N–H and O–H groups in total. The molecule has 0 radical (unpaired) electrons. The van der Waals surface area contributed by atoms with Gasteiger partial charge in [0.25, 0.3) is 0 Å². The molecule has 1 heterocycles. The highest BCUT2D eigenvalue weighted by Crippen LogP contribution is 2.11. The Morgan fingerprint density at radius 3 is 2.50 bits per heavy atom. The predicted molar refractivity (Wildman–Crippen MR) is 70.2 cm³/mol. The van der Waals surface area contributed by atoms with E-state index in [1.165, 1.54) is 6.92 Å². The Balaban J connectivity index is 2.54. The number of hydrogen-bond donors (Lipinski definition) is 2. The highest BCUT2D eigenvalue weighted by molar-refractivity contribution is 5.82. The van der Waals surface area contributed by atoms with Crippen LogP contribution in [-0.4, -0.2) is 54.2 Å². The molecule has 1 aliphatic rings. The maximum Gasteiger partial charge on any atom is 0.408 e. The molecule has 7 heteroatoms. The molecule has 20 heavy (non-hydrogen) atoms. The number of aliphatic hydroxyl groups is 1. The van der Waals surface area contributed by atoms with E-state index in [9.17, 15) is 14.7 Å². The minimum absolute atomic E-state index is 0.329. The van der Waals surface area contributed by atoms with Crippen LogP contribution < -0.4 is 5.32 Å². The van der Waals surface area contributed by atoms with Crippen molar-refractivity contribution in [2.75, 3.05) is 13.2 Å². The molecule has 7 nitrogen and oxygen atoms in total. The van der Waals surface area contributed by atoms with E-state index in [1.807, 2.05) is 0 Å². The van der Waals surface area contributed by atoms with Crippen LogP contribution in [0.1, 0.15) is 34.1 Å². The van der Waals surface area contributed by atoms with E-state index in [1.54, 1.807) is 20.8 Å². The Morgan fingerprint density at radius 2 is 2.05 bits per heavy atom. The van der Waals surface area contributed by atoms with Crippen LogP contribution in [-0.2, 0) is 19.0 Å². The summed E-state index contributed by atoms with van der Waals surface area (Å²) in [5.41, 5.74) is -0.684. The molecule has 1 fully saturated rings. The molecule has 1 aliphatic heterocycles. The molecule has 116 valence electrons. The number of amides is 1. The number of ether oxygens (including phenoxy) is 3. The van der Waals surface area contributed by atoms with Crippen molar-refractivity contribution in [3.63, 3.8) is 0 Å². The number of esters is 1. The lowest BCUT2D eigenvalue weighted by atomic mass is 10.2. The molecule has 0 aliphatic carbocycles. The molecule has 0 saturated carbocycles. The topological polar surface area (TPSA) is 94.1 Å². The summed E-state index contributed by atoms with van der Waals surface area (Å²) in [7, 11) is 0. The lowest BCUT2D eigenvalue weighted by molar-refractivity contribution is -0.154. The van der Waals surface area contributed by atoms with E-state index >= 15 is 0 Å². The monoisotopic (exact) mass is 289 g/mol. The number of carbonyl (C=O) groups is 2. The van der Waals surface area contributed by atoms with Crippen molar-refractivity contribution in [2.24, 2.45) is 0 Å². The van der Waals surface area contributed by atoms with Gasteiger partial charge in [-0.2, -0.15) is 0 Å². The van der Waals surface area contributed by atoms with Crippen molar-refractivity contribution in [1.29, 1.82) is 0 Å². The zero-order valence-corrected chi connectivity index (χ0v) is 12.3. The summed E-state index contributed by atoms with van der Waals surface area (Å²) in [5.74, 6) is -0.693. The summed E-state index contributed by atoms with van der Waals surface area (Å²) in [5, 5.41) is 11.9. The van der Waals surface area contributed by atoms with Crippen molar-refractivity contribution < 1.29 is 28.9 Å². The Labute approximate surface area is 118 Å². The Hall–Kier alpha value is -1.34. The van der Waals surface area contributed by atoms with Crippen molar-refractivity contribution in [2.45, 2.75) is 58.0 Å². The smallest absolute Gasteiger partial charge is 0.408 e. The molecular formula is C13H23NO6. The number of aliphatic hydroxyl groups excluding tert-OH is 1. The Bertz CT molecular complexity index is 343. The molecule has 1 rings (SSSR count). The van der Waals surface area contributed by atoms with E-state index < -0.39 is 29.8 Å². The minimum Gasteiger partial charge on any atom is -0.458 e. The Morgan fingerprint density at radius 1 is 1.40 bits per heavy atom. The molecule has 0 unspecified atom stereocenters. The SMILES string of the molecule is C[C@H](O)[C@H](NC(=O)OC(C)(C)C)C(=O)O[C@@H]1CCOC1. The number of rotatable bonds is 4. The van der Waals surface area contributed by atoms with Crippen molar-refractivity contribution >= 4 is 12.1 Å². The van der Waals surface area contributed by atoms with Gasteiger partial charge in [-0.05, 0) is 27.7 Å². The normalized spacial score (nSPS) is 21.9. The summed E-state index contributed by atoms with van der Waals surface area (Å²) in [6.07, 6.45) is -1.57. The van der Waals surface area contributed by atoms with E-state index in [2.05, 4.69) is 5.32 Å². The summed E-state index contributed by atoms with van der Waals surface area (Å²) >= 11 is 0. The van der Waals surface area contributed by atoms with Gasteiger partial charge in [0.1, 0.15) is 11.7 Å². The van der Waals surface area contributed by atoms with Gasteiger partial charge in [0.05, 0.1) is 19.3 Å². The van der Waals surface area contributed by atoms with Crippen LogP contribution in [0, 0.1) is 0 Å². The largest absolute Gasteiger partial charge is 0.458 e. The van der Waals surface area contributed by atoms with Crippen LogP contribution in [0.3, 0.4) is 0 Å². The van der Waals surface area contributed by atoms with Gasteiger partial charge in [-0.3, -0.25) is 0 Å². The number of nitrogens with one attached hydrogen (secondary N) is 1. The van der Waals surface area contributed by atoms with Crippen LogP contribution in [0.4, 0.5) is 4.79 Å². The molecule has 0 spiro atoms. The summed E-state index contributed by atoms with van der Waals surface area (Å²) in [4.78, 5) is 23.6. The van der Waals surface area contributed by atoms with Gasteiger partial charge in [-0.1, -0.05) is 0 Å². The quantitative estimate of drug-likeness (QED) is 0.736. The molecule has 0 bridgehead atoms. The number of alkyl carbamates (subject to hydrolysis) is 1. The number of carbonyl (C=O) groups excluding carboxylic acids is 2. The van der Waals surface area contributed by atoms with Gasteiger partial charge >= 0.3 is 12.1 Å². The molecule has 0 aromatic rings. The fraction of sp³-hybridized carbons (Fsp3) is 0.846. The second-order valence-electron chi connectivity index (χ2n) is 5.79. The van der Waals surface area contributed by atoms with Gasteiger partial charge in [0.15, 0.2) is 6.04 Å². The molecule has 1 saturated heterocycles. The van der Waals surface area contributed by atoms with E-state index in [0.29, 0.717) is 19.6 Å². The van der Waals surface area contributed by atoms with E-state index in [-0.39, 0.29) is 6.10 Å². The van der Waals surface area contributed by atoms with Crippen molar-refractivity contribution in [3.05, 3.63) is 0 Å². The third kappa shape index (κ3) is 5.75. The zero-order chi connectivity index (χ0) is 15.3. The van der Waals surface area contributed by atoms with Gasteiger partial charge < -0.3 is 24.6 Å². The third-order valence-electron chi connectivity index (χ3n) is 2.58. The average molecular weight is 289 g/mol. The maximum atomic E-state index is 11.9. The van der Waals surface area contributed by atoms with Crippen LogP contribution in [0.2, 0.25) is 0 Å². The first-order chi connectivity index (χ1) is 9.19. The lowest BCUT2D eigenvalue weighted by Gasteiger charge is -2.24. The second-order valence-corrected chi connectivity index (χ2v) is 5.79. The molecule has 3 atom stereocenters. The van der Waals surface area contributed by atoms with Gasteiger partial charge in [0.2, 0.25) is 0 Å². The summed E-state index contributed by atoms with van der Waals surface area (Å²) in [6.45, 7) is 7.39. The maximum absolute atomic E-state index is 11.9. The summed E-state index contributed by atoms with van der Waals surface area (Å²) in [6, 6.07) is -1.16. The van der Waals surface area contributed by atoms with Crippen LogP contribution >= 0.6 is 0 Å². The second kappa shape index (κ2) is 6.90. The molecule has 0 aromatic carbocycles.